The Morgan fingerprint density at radius 2 is 1.97 bits per heavy atom. The highest BCUT2D eigenvalue weighted by atomic mass is 35.5. The molecule has 1 amide bonds. The average molecular weight is 479 g/mol. The Bertz CT molecular complexity index is 1240. The van der Waals surface area contributed by atoms with Crippen molar-refractivity contribution in [2.75, 3.05) is 19.0 Å². The van der Waals surface area contributed by atoms with Gasteiger partial charge in [-0.05, 0) is 75.2 Å². The van der Waals surface area contributed by atoms with Gasteiger partial charge in [-0.2, -0.15) is 10.4 Å². The molecule has 9 heteroatoms. The number of guanidine groups is 1. The van der Waals surface area contributed by atoms with Crippen LogP contribution in [0.25, 0.3) is 0 Å². The number of nitrogens with one attached hydrogen (secondary N) is 2. The van der Waals surface area contributed by atoms with Crippen LogP contribution in [0.3, 0.4) is 0 Å². The van der Waals surface area contributed by atoms with Gasteiger partial charge in [0.05, 0.1) is 30.1 Å². The summed E-state index contributed by atoms with van der Waals surface area (Å²) in [4.78, 5) is 17.5. The van der Waals surface area contributed by atoms with Gasteiger partial charge in [0.1, 0.15) is 5.75 Å². The number of benzene rings is 2. The van der Waals surface area contributed by atoms with Crippen LogP contribution in [0.5, 0.6) is 5.75 Å². The number of ether oxygens (including phenoxy) is 1. The van der Waals surface area contributed by atoms with Crippen LogP contribution in [0.4, 0.5) is 5.69 Å². The molecule has 0 aliphatic carbocycles. The van der Waals surface area contributed by atoms with Crippen LogP contribution in [-0.4, -0.2) is 35.3 Å². The molecule has 0 aliphatic heterocycles. The Morgan fingerprint density at radius 1 is 1.24 bits per heavy atom. The third-order valence-corrected chi connectivity index (χ3v) is 5.62. The number of amides is 1. The summed E-state index contributed by atoms with van der Waals surface area (Å²) in [6.45, 7) is 7.32. The zero-order valence-electron chi connectivity index (χ0n) is 19.6. The van der Waals surface area contributed by atoms with E-state index in [0.717, 1.165) is 23.5 Å². The number of hydrogen-bond acceptors (Lipinski definition) is 5. The molecule has 0 fully saturated rings. The monoisotopic (exact) mass is 478 g/mol. The fraction of sp³-hybridized carbons (Fsp3) is 0.280. The van der Waals surface area contributed by atoms with E-state index in [1.54, 1.807) is 49.6 Å². The van der Waals surface area contributed by atoms with Gasteiger partial charge < -0.3 is 10.1 Å². The normalized spacial score (nSPS) is 11.1. The topological polar surface area (TPSA) is 104 Å². The molecule has 1 aromatic heterocycles. The average Bonchev–Trinajstić information content (AvgIpc) is 3.11. The van der Waals surface area contributed by atoms with E-state index in [1.807, 2.05) is 24.6 Å². The lowest BCUT2D eigenvalue weighted by atomic mass is 10.1. The summed E-state index contributed by atoms with van der Waals surface area (Å²) in [6, 6.07) is 13.6. The Morgan fingerprint density at radius 3 is 2.59 bits per heavy atom. The van der Waals surface area contributed by atoms with Crippen molar-refractivity contribution >= 4 is 29.2 Å². The number of carbonyl (C=O) groups is 1. The van der Waals surface area contributed by atoms with E-state index < -0.39 is 0 Å². The number of nitriles is 1. The minimum absolute atomic E-state index is 0.258. The molecule has 3 rings (SSSR count). The summed E-state index contributed by atoms with van der Waals surface area (Å²) in [6.07, 6.45) is 0.669. The SMILES string of the molecule is CCn1nc(C)c(CCN=C(NC(=O)c2ccc(C#N)cc2)Nc2cc(Cl)ccc2OC)c1C. The number of nitrogens with zero attached hydrogens (tertiary/aromatic N) is 4. The van der Waals surface area contributed by atoms with Crippen LogP contribution >= 0.6 is 11.6 Å². The highest BCUT2D eigenvalue weighted by Crippen LogP contribution is 2.27. The molecule has 2 aromatic carbocycles. The Kier molecular flexibility index (Phi) is 8.28. The molecular formula is C25H27ClN6O2. The first kappa shape index (κ1) is 24.8. The number of aryl methyl sites for hydroxylation is 2. The van der Waals surface area contributed by atoms with E-state index in [1.165, 1.54) is 0 Å². The van der Waals surface area contributed by atoms with Crippen molar-refractivity contribution in [3.63, 3.8) is 0 Å². The maximum Gasteiger partial charge on any atom is 0.257 e. The zero-order chi connectivity index (χ0) is 24.7. The lowest BCUT2D eigenvalue weighted by molar-refractivity contribution is 0.0977. The molecular weight excluding hydrogens is 452 g/mol. The third-order valence-electron chi connectivity index (χ3n) is 5.39. The molecule has 0 aliphatic rings. The number of hydrogen-bond donors (Lipinski definition) is 2. The first-order valence-corrected chi connectivity index (χ1v) is 11.2. The van der Waals surface area contributed by atoms with E-state index >= 15 is 0 Å². The Balaban J connectivity index is 1.85. The fourth-order valence-electron chi connectivity index (χ4n) is 3.57. The molecule has 3 aromatic rings. The second-order valence-electron chi connectivity index (χ2n) is 7.56. The molecule has 1 heterocycles. The minimum atomic E-state index is -0.358. The number of rotatable bonds is 7. The Labute approximate surface area is 204 Å². The number of carbonyl (C=O) groups excluding carboxylic acids is 1. The highest BCUT2D eigenvalue weighted by Gasteiger charge is 2.14. The second kappa shape index (κ2) is 11.3. The van der Waals surface area contributed by atoms with E-state index in [0.29, 0.717) is 40.6 Å². The molecule has 2 N–H and O–H groups in total. The van der Waals surface area contributed by atoms with Crippen LogP contribution in [0, 0.1) is 25.2 Å². The lowest BCUT2D eigenvalue weighted by Gasteiger charge is -2.15. The van der Waals surface area contributed by atoms with Crippen LogP contribution in [-0.2, 0) is 13.0 Å². The van der Waals surface area contributed by atoms with Crippen molar-refractivity contribution in [1.82, 2.24) is 15.1 Å². The molecule has 176 valence electrons. The second-order valence-corrected chi connectivity index (χ2v) is 7.99. The smallest absolute Gasteiger partial charge is 0.257 e. The first-order chi connectivity index (χ1) is 16.4. The van der Waals surface area contributed by atoms with Gasteiger partial charge in [0, 0.05) is 29.4 Å². The van der Waals surface area contributed by atoms with Crippen molar-refractivity contribution < 1.29 is 9.53 Å². The zero-order valence-corrected chi connectivity index (χ0v) is 20.4. The standard InChI is InChI=1S/C25H27ClN6O2/c1-5-32-17(3)21(16(2)31-32)12-13-28-25(29-22-14-20(26)10-11-23(22)34-4)30-24(33)19-8-6-18(15-27)7-9-19/h6-11,14H,5,12-13H2,1-4H3,(H2,28,29,30,33). The van der Waals surface area contributed by atoms with Crippen molar-refractivity contribution in [2.45, 2.75) is 33.7 Å². The number of methoxy groups -OCH3 is 1. The maximum absolute atomic E-state index is 12.9. The summed E-state index contributed by atoms with van der Waals surface area (Å²) in [5.74, 6) is 0.455. The summed E-state index contributed by atoms with van der Waals surface area (Å²) in [7, 11) is 1.55. The summed E-state index contributed by atoms with van der Waals surface area (Å²) in [5.41, 5.74) is 4.68. The molecule has 34 heavy (non-hydrogen) atoms. The number of aliphatic imine (C=N–C) groups is 1. The van der Waals surface area contributed by atoms with E-state index in [4.69, 9.17) is 21.6 Å². The van der Waals surface area contributed by atoms with Crippen molar-refractivity contribution in [1.29, 1.82) is 5.26 Å². The van der Waals surface area contributed by atoms with Crippen molar-refractivity contribution in [3.8, 4) is 11.8 Å². The van der Waals surface area contributed by atoms with Gasteiger partial charge in [-0.3, -0.25) is 19.8 Å². The molecule has 8 nitrogen and oxygen atoms in total. The van der Waals surface area contributed by atoms with E-state index in [9.17, 15) is 4.79 Å². The molecule has 0 spiro atoms. The van der Waals surface area contributed by atoms with Crippen molar-refractivity contribution in [2.24, 2.45) is 4.99 Å². The van der Waals surface area contributed by atoms with Crippen molar-refractivity contribution in [3.05, 3.63) is 75.6 Å². The van der Waals surface area contributed by atoms with Gasteiger partial charge in [-0.25, -0.2) is 0 Å². The predicted molar refractivity (Wildman–Crippen MR) is 134 cm³/mol. The van der Waals surface area contributed by atoms with E-state index in [2.05, 4.69) is 27.6 Å². The molecule has 0 unspecified atom stereocenters. The van der Waals surface area contributed by atoms with Crippen LogP contribution < -0.4 is 15.4 Å². The van der Waals surface area contributed by atoms with Gasteiger partial charge in [0.15, 0.2) is 0 Å². The van der Waals surface area contributed by atoms with Crippen LogP contribution in [0.2, 0.25) is 5.02 Å². The quantitative estimate of drug-likeness (QED) is 0.384. The molecule has 0 saturated heterocycles. The summed E-state index contributed by atoms with van der Waals surface area (Å²) >= 11 is 6.16. The number of anilines is 1. The van der Waals surface area contributed by atoms with E-state index in [-0.39, 0.29) is 11.9 Å². The first-order valence-electron chi connectivity index (χ1n) is 10.9. The van der Waals surface area contributed by atoms with Gasteiger partial charge in [0.2, 0.25) is 5.96 Å². The Hall–Kier alpha value is -3.83. The molecule has 0 bridgehead atoms. The molecule has 0 saturated carbocycles. The summed E-state index contributed by atoms with van der Waals surface area (Å²) in [5, 5.41) is 20.0. The predicted octanol–water partition coefficient (Wildman–Crippen LogP) is 4.49. The van der Waals surface area contributed by atoms with Gasteiger partial charge >= 0.3 is 0 Å². The van der Waals surface area contributed by atoms with Gasteiger partial charge in [-0.15, -0.1) is 0 Å². The fourth-order valence-corrected chi connectivity index (χ4v) is 3.75. The van der Waals surface area contributed by atoms with Crippen LogP contribution in [0.15, 0.2) is 47.5 Å². The van der Waals surface area contributed by atoms with Gasteiger partial charge in [-0.1, -0.05) is 11.6 Å². The van der Waals surface area contributed by atoms with Gasteiger partial charge in [0.25, 0.3) is 5.91 Å². The maximum atomic E-state index is 12.9. The summed E-state index contributed by atoms with van der Waals surface area (Å²) < 4.78 is 7.38. The molecule has 0 radical (unpaired) electrons. The molecule has 0 atom stereocenters. The third kappa shape index (κ3) is 5.94. The lowest BCUT2D eigenvalue weighted by Crippen LogP contribution is -2.36. The minimum Gasteiger partial charge on any atom is -0.495 e. The number of aromatic nitrogens is 2. The van der Waals surface area contributed by atoms with Crippen LogP contribution in [0.1, 0.15) is 39.8 Å². The highest BCUT2D eigenvalue weighted by molar-refractivity contribution is 6.31. The number of halogens is 1. The largest absolute Gasteiger partial charge is 0.495 e.